The SMILES string of the molecule is C#CCN1C(=O)S/C(=C/c2ccc(I)cc2)C1=O. The Morgan fingerprint density at radius 3 is 2.61 bits per heavy atom. The molecule has 0 aromatic heterocycles. The molecule has 0 spiro atoms. The first kappa shape index (κ1) is 13.2. The molecule has 0 aliphatic carbocycles. The molecule has 18 heavy (non-hydrogen) atoms. The minimum absolute atomic E-state index is 0.0225. The number of benzene rings is 1. The van der Waals surface area contributed by atoms with Crippen LogP contribution in [0.25, 0.3) is 6.08 Å². The van der Waals surface area contributed by atoms with Gasteiger partial charge in [-0.25, -0.2) is 0 Å². The van der Waals surface area contributed by atoms with E-state index in [1.807, 2.05) is 24.3 Å². The highest BCUT2D eigenvalue weighted by atomic mass is 127. The summed E-state index contributed by atoms with van der Waals surface area (Å²) in [6.45, 7) is 0.0225. The second-order valence-electron chi connectivity index (χ2n) is 3.52. The quantitative estimate of drug-likeness (QED) is 0.457. The molecule has 1 aliphatic heterocycles. The van der Waals surface area contributed by atoms with Gasteiger partial charge in [0.05, 0.1) is 11.4 Å². The lowest BCUT2D eigenvalue weighted by atomic mass is 10.2. The van der Waals surface area contributed by atoms with Crippen LogP contribution < -0.4 is 0 Å². The first-order valence-corrected chi connectivity index (χ1v) is 6.96. The van der Waals surface area contributed by atoms with Gasteiger partial charge in [-0.3, -0.25) is 14.5 Å². The lowest BCUT2D eigenvalue weighted by Crippen LogP contribution is -2.28. The van der Waals surface area contributed by atoms with Crippen LogP contribution in [0.4, 0.5) is 4.79 Å². The zero-order valence-corrected chi connectivity index (χ0v) is 12.2. The summed E-state index contributed by atoms with van der Waals surface area (Å²) in [5, 5.41) is -0.310. The van der Waals surface area contributed by atoms with E-state index in [1.54, 1.807) is 6.08 Å². The molecule has 0 atom stereocenters. The smallest absolute Gasteiger partial charge is 0.268 e. The maximum Gasteiger partial charge on any atom is 0.294 e. The maximum atomic E-state index is 11.9. The number of carbonyl (C=O) groups is 2. The number of terminal acetylenes is 1. The topological polar surface area (TPSA) is 37.4 Å². The number of nitrogens with zero attached hydrogens (tertiary/aromatic N) is 1. The van der Waals surface area contributed by atoms with Gasteiger partial charge in [0, 0.05) is 3.57 Å². The van der Waals surface area contributed by atoms with Crippen LogP contribution in [0.1, 0.15) is 5.56 Å². The molecule has 0 saturated carbocycles. The standard InChI is InChI=1S/C13H8INO2S/c1-2-7-15-12(16)11(18-13(15)17)8-9-3-5-10(14)6-4-9/h1,3-6,8H,7H2/b11-8+. The summed E-state index contributed by atoms with van der Waals surface area (Å²) in [5.41, 5.74) is 0.890. The monoisotopic (exact) mass is 369 g/mol. The van der Waals surface area contributed by atoms with E-state index in [9.17, 15) is 9.59 Å². The summed E-state index contributed by atoms with van der Waals surface area (Å²) in [7, 11) is 0. The molecule has 1 aromatic carbocycles. The van der Waals surface area contributed by atoms with Crippen molar-refractivity contribution in [1.29, 1.82) is 0 Å². The second kappa shape index (κ2) is 5.59. The summed E-state index contributed by atoms with van der Waals surface area (Å²) < 4.78 is 1.12. The number of hydrogen-bond donors (Lipinski definition) is 0. The fourth-order valence-electron chi connectivity index (χ4n) is 1.44. The predicted octanol–water partition coefficient (Wildman–Crippen LogP) is 2.96. The lowest BCUT2D eigenvalue weighted by Gasteiger charge is -2.06. The summed E-state index contributed by atoms with van der Waals surface area (Å²) >= 11 is 3.13. The minimum atomic E-state index is -0.318. The number of hydrogen-bond acceptors (Lipinski definition) is 3. The van der Waals surface area contributed by atoms with Crippen LogP contribution in [0.2, 0.25) is 0 Å². The first-order valence-electron chi connectivity index (χ1n) is 5.06. The van der Waals surface area contributed by atoms with Gasteiger partial charge in [0.2, 0.25) is 0 Å². The van der Waals surface area contributed by atoms with E-state index in [4.69, 9.17) is 6.42 Å². The van der Waals surface area contributed by atoms with Gasteiger partial charge in [0.1, 0.15) is 0 Å². The van der Waals surface area contributed by atoms with Crippen molar-refractivity contribution >= 4 is 51.6 Å². The average Bonchev–Trinajstić information content (AvgIpc) is 2.60. The summed E-state index contributed by atoms with van der Waals surface area (Å²) in [5.74, 6) is 1.99. The van der Waals surface area contributed by atoms with Gasteiger partial charge < -0.3 is 0 Å². The molecule has 0 N–H and O–H groups in total. The molecular weight excluding hydrogens is 361 g/mol. The van der Waals surface area contributed by atoms with Gasteiger partial charge in [0.25, 0.3) is 11.1 Å². The van der Waals surface area contributed by atoms with Crippen LogP contribution in [0.15, 0.2) is 29.2 Å². The van der Waals surface area contributed by atoms with Crippen molar-refractivity contribution in [2.45, 2.75) is 0 Å². The molecule has 1 heterocycles. The van der Waals surface area contributed by atoms with E-state index in [0.717, 1.165) is 25.8 Å². The van der Waals surface area contributed by atoms with E-state index in [-0.39, 0.29) is 17.7 Å². The number of rotatable bonds is 2. The van der Waals surface area contributed by atoms with Gasteiger partial charge in [-0.2, -0.15) is 0 Å². The van der Waals surface area contributed by atoms with Crippen molar-refractivity contribution in [2.75, 3.05) is 6.54 Å². The zero-order chi connectivity index (χ0) is 13.1. The predicted molar refractivity (Wildman–Crippen MR) is 80.7 cm³/mol. The molecule has 1 aromatic rings. The van der Waals surface area contributed by atoms with E-state index in [0.29, 0.717) is 4.91 Å². The van der Waals surface area contributed by atoms with Gasteiger partial charge in [-0.15, -0.1) is 6.42 Å². The lowest BCUT2D eigenvalue weighted by molar-refractivity contribution is -0.122. The largest absolute Gasteiger partial charge is 0.294 e. The molecule has 5 heteroatoms. The Hall–Kier alpha value is -1.26. The number of amides is 2. The average molecular weight is 369 g/mol. The van der Waals surface area contributed by atoms with Crippen LogP contribution in [0.5, 0.6) is 0 Å². The highest BCUT2D eigenvalue weighted by Crippen LogP contribution is 2.31. The van der Waals surface area contributed by atoms with Crippen molar-refractivity contribution in [3.05, 3.63) is 38.3 Å². The van der Waals surface area contributed by atoms with Gasteiger partial charge in [0.15, 0.2) is 0 Å². The Labute approximate surface area is 123 Å². The summed E-state index contributed by atoms with van der Waals surface area (Å²) in [4.78, 5) is 24.9. The third-order valence-corrected chi connectivity index (χ3v) is 3.92. The van der Waals surface area contributed by atoms with Crippen LogP contribution in [-0.4, -0.2) is 22.6 Å². The highest BCUT2D eigenvalue weighted by molar-refractivity contribution is 14.1. The third-order valence-electron chi connectivity index (χ3n) is 2.29. The van der Waals surface area contributed by atoms with Crippen molar-refractivity contribution in [1.82, 2.24) is 4.90 Å². The Morgan fingerprint density at radius 2 is 2.00 bits per heavy atom. The van der Waals surface area contributed by atoms with Crippen LogP contribution in [-0.2, 0) is 4.79 Å². The van der Waals surface area contributed by atoms with Gasteiger partial charge in [-0.05, 0) is 58.1 Å². The van der Waals surface area contributed by atoms with Crippen LogP contribution >= 0.6 is 34.4 Å². The molecular formula is C13H8INO2S. The van der Waals surface area contributed by atoms with Crippen molar-refractivity contribution in [3.63, 3.8) is 0 Å². The molecule has 1 fully saturated rings. The summed E-state index contributed by atoms with van der Waals surface area (Å²) in [6, 6.07) is 7.68. The molecule has 0 bridgehead atoms. The molecule has 2 amide bonds. The Kier molecular flexibility index (Phi) is 4.09. The fourth-order valence-corrected chi connectivity index (χ4v) is 2.64. The third kappa shape index (κ3) is 2.76. The number of halogens is 1. The molecule has 90 valence electrons. The molecule has 3 nitrogen and oxygen atoms in total. The first-order chi connectivity index (χ1) is 8.61. The maximum absolute atomic E-state index is 11.9. The minimum Gasteiger partial charge on any atom is -0.268 e. The molecule has 1 aliphatic rings. The normalized spacial score (nSPS) is 17.3. The number of thioether (sulfide) groups is 1. The molecule has 1 saturated heterocycles. The second-order valence-corrected chi connectivity index (χ2v) is 5.76. The van der Waals surface area contributed by atoms with Gasteiger partial charge in [-0.1, -0.05) is 18.1 Å². The summed E-state index contributed by atoms with van der Waals surface area (Å²) in [6.07, 6.45) is 6.83. The van der Waals surface area contributed by atoms with Gasteiger partial charge >= 0.3 is 0 Å². The Bertz CT molecular complexity index is 572. The van der Waals surface area contributed by atoms with Crippen molar-refractivity contribution in [3.8, 4) is 12.3 Å². The van der Waals surface area contributed by atoms with Crippen molar-refractivity contribution < 1.29 is 9.59 Å². The van der Waals surface area contributed by atoms with Crippen LogP contribution in [0.3, 0.4) is 0 Å². The fraction of sp³-hybridized carbons (Fsp3) is 0.0769. The van der Waals surface area contributed by atoms with Crippen LogP contribution in [0, 0.1) is 15.9 Å². The van der Waals surface area contributed by atoms with E-state index >= 15 is 0 Å². The number of imide groups is 1. The van der Waals surface area contributed by atoms with E-state index < -0.39 is 0 Å². The Balaban J connectivity index is 2.25. The van der Waals surface area contributed by atoms with E-state index in [2.05, 4.69) is 28.5 Å². The number of carbonyl (C=O) groups excluding carboxylic acids is 2. The molecule has 0 radical (unpaired) electrons. The van der Waals surface area contributed by atoms with E-state index in [1.165, 1.54) is 0 Å². The zero-order valence-electron chi connectivity index (χ0n) is 9.22. The Morgan fingerprint density at radius 1 is 1.33 bits per heavy atom. The molecule has 2 rings (SSSR count). The van der Waals surface area contributed by atoms with Crippen molar-refractivity contribution in [2.24, 2.45) is 0 Å². The molecule has 0 unspecified atom stereocenters. The highest BCUT2D eigenvalue weighted by Gasteiger charge is 2.34.